The van der Waals surface area contributed by atoms with Gasteiger partial charge in [-0.05, 0) is 30.3 Å². The molecule has 4 heteroatoms. The number of halogens is 1. The molecule has 0 aliphatic carbocycles. The molecule has 1 heterocycles. The quantitative estimate of drug-likeness (QED) is 0.654. The smallest absolute Gasteiger partial charge is 0.113 e. The average molecular weight is 240 g/mol. The fraction of sp³-hybridized carbons (Fsp3) is 0.0909. The summed E-state index contributed by atoms with van der Waals surface area (Å²) < 4.78 is 5.23. The van der Waals surface area contributed by atoms with Crippen molar-refractivity contribution < 1.29 is 4.42 Å². The highest BCUT2D eigenvalue weighted by Crippen LogP contribution is 2.30. The zero-order valence-electron chi connectivity index (χ0n) is 7.94. The molecular weight excluding hydrogens is 230 g/mol. The third-order valence-corrected chi connectivity index (χ3v) is 3.27. The van der Waals surface area contributed by atoms with E-state index in [2.05, 4.69) is 0 Å². The summed E-state index contributed by atoms with van der Waals surface area (Å²) in [5.41, 5.74) is 6.53. The Morgan fingerprint density at radius 2 is 2.20 bits per heavy atom. The van der Waals surface area contributed by atoms with E-state index < -0.39 is 0 Å². The van der Waals surface area contributed by atoms with Crippen LogP contribution in [-0.2, 0) is 5.75 Å². The Bertz CT molecular complexity index is 442. The number of hydrogen-bond donors (Lipinski definition) is 1. The highest BCUT2D eigenvalue weighted by Gasteiger charge is 2.02. The topological polar surface area (TPSA) is 39.2 Å². The van der Waals surface area contributed by atoms with Crippen molar-refractivity contribution in [3.05, 3.63) is 47.4 Å². The predicted octanol–water partition coefficient (Wildman–Crippen LogP) is 3.81. The van der Waals surface area contributed by atoms with E-state index in [9.17, 15) is 0 Å². The van der Waals surface area contributed by atoms with E-state index in [1.165, 1.54) is 0 Å². The molecule has 0 bridgehead atoms. The number of benzene rings is 1. The number of rotatable bonds is 3. The molecule has 0 aliphatic heterocycles. The van der Waals surface area contributed by atoms with Crippen LogP contribution >= 0.6 is 23.4 Å². The fourth-order valence-electron chi connectivity index (χ4n) is 1.19. The summed E-state index contributed by atoms with van der Waals surface area (Å²) in [5, 5.41) is 0.662. The van der Waals surface area contributed by atoms with Gasteiger partial charge in [0.2, 0.25) is 0 Å². The predicted molar refractivity (Wildman–Crippen MR) is 64.1 cm³/mol. The van der Waals surface area contributed by atoms with Crippen molar-refractivity contribution in [2.24, 2.45) is 0 Å². The summed E-state index contributed by atoms with van der Waals surface area (Å²) >= 11 is 7.44. The summed E-state index contributed by atoms with van der Waals surface area (Å²) in [6, 6.07) is 9.33. The SMILES string of the molecule is Nc1cc(Cl)ccc1SCc1ccco1. The van der Waals surface area contributed by atoms with Gasteiger partial charge in [0.05, 0.1) is 12.0 Å². The Morgan fingerprint density at radius 1 is 1.33 bits per heavy atom. The molecule has 1 aromatic carbocycles. The van der Waals surface area contributed by atoms with Gasteiger partial charge in [-0.15, -0.1) is 11.8 Å². The van der Waals surface area contributed by atoms with E-state index in [0.717, 1.165) is 16.4 Å². The molecule has 2 N–H and O–H groups in total. The van der Waals surface area contributed by atoms with Crippen molar-refractivity contribution in [3.63, 3.8) is 0 Å². The first-order chi connectivity index (χ1) is 7.25. The summed E-state index contributed by atoms with van der Waals surface area (Å²) in [6.45, 7) is 0. The van der Waals surface area contributed by atoms with E-state index in [0.29, 0.717) is 10.7 Å². The van der Waals surface area contributed by atoms with Crippen LogP contribution < -0.4 is 5.73 Å². The molecule has 2 rings (SSSR count). The number of hydrogen-bond acceptors (Lipinski definition) is 3. The second kappa shape index (κ2) is 4.64. The Kier molecular flexibility index (Phi) is 3.23. The van der Waals surface area contributed by atoms with Gasteiger partial charge in [0.15, 0.2) is 0 Å². The molecule has 0 amide bonds. The zero-order chi connectivity index (χ0) is 10.7. The molecule has 78 valence electrons. The van der Waals surface area contributed by atoms with Crippen molar-refractivity contribution in [1.29, 1.82) is 0 Å². The van der Waals surface area contributed by atoms with Crippen LogP contribution in [0, 0.1) is 0 Å². The van der Waals surface area contributed by atoms with Crippen molar-refractivity contribution in [2.45, 2.75) is 10.6 Å². The minimum absolute atomic E-state index is 0.662. The number of thioether (sulfide) groups is 1. The lowest BCUT2D eigenvalue weighted by Gasteiger charge is -2.04. The second-order valence-electron chi connectivity index (χ2n) is 3.05. The van der Waals surface area contributed by atoms with Gasteiger partial charge in [0.25, 0.3) is 0 Å². The first-order valence-corrected chi connectivity index (χ1v) is 5.82. The number of anilines is 1. The van der Waals surface area contributed by atoms with Crippen LogP contribution in [0.1, 0.15) is 5.76 Å². The van der Waals surface area contributed by atoms with E-state index in [1.54, 1.807) is 24.1 Å². The molecular formula is C11H10ClNOS. The molecule has 2 nitrogen and oxygen atoms in total. The van der Waals surface area contributed by atoms with Gasteiger partial charge in [-0.3, -0.25) is 0 Å². The third-order valence-electron chi connectivity index (χ3n) is 1.92. The molecule has 1 aromatic heterocycles. The van der Waals surface area contributed by atoms with Crippen molar-refractivity contribution in [3.8, 4) is 0 Å². The Morgan fingerprint density at radius 3 is 2.87 bits per heavy atom. The maximum Gasteiger partial charge on any atom is 0.113 e. The molecule has 0 aliphatic rings. The summed E-state index contributed by atoms with van der Waals surface area (Å²) in [5.74, 6) is 1.72. The minimum atomic E-state index is 0.662. The largest absolute Gasteiger partial charge is 0.468 e. The molecule has 0 fully saturated rings. The van der Waals surface area contributed by atoms with Crippen LogP contribution in [0.5, 0.6) is 0 Å². The van der Waals surface area contributed by atoms with E-state index in [4.69, 9.17) is 21.8 Å². The van der Waals surface area contributed by atoms with Crippen molar-refractivity contribution >= 4 is 29.1 Å². The average Bonchev–Trinajstić information content (AvgIpc) is 2.69. The Hall–Kier alpha value is -1.06. The van der Waals surface area contributed by atoms with Crippen LogP contribution in [-0.4, -0.2) is 0 Å². The van der Waals surface area contributed by atoms with Gasteiger partial charge in [-0.1, -0.05) is 11.6 Å². The number of furan rings is 1. The van der Waals surface area contributed by atoms with Gasteiger partial charge >= 0.3 is 0 Å². The molecule has 2 aromatic rings. The fourth-order valence-corrected chi connectivity index (χ4v) is 2.23. The van der Waals surface area contributed by atoms with Crippen LogP contribution in [0.3, 0.4) is 0 Å². The lowest BCUT2D eigenvalue weighted by atomic mass is 10.3. The first-order valence-electron chi connectivity index (χ1n) is 4.46. The van der Waals surface area contributed by atoms with Crippen LogP contribution in [0.15, 0.2) is 45.9 Å². The third kappa shape index (κ3) is 2.70. The molecule has 0 saturated heterocycles. The highest BCUT2D eigenvalue weighted by molar-refractivity contribution is 7.98. The van der Waals surface area contributed by atoms with Gasteiger partial charge in [-0.2, -0.15) is 0 Å². The summed E-state index contributed by atoms with van der Waals surface area (Å²) in [4.78, 5) is 1.02. The van der Waals surface area contributed by atoms with Crippen LogP contribution in [0.2, 0.25) is 5.02 Å². The Balaban J connectivity index is 2.05. The van der Waals surface area contributed by atoms with E-state index in [-0.39, 0.29) is 0 Å². The Labute approximate surface area is 97.4 Å². The van der Waals surface area contributed by atoms with Crippen molar-refractivity contribution in [2.75, 3.05) is 5.73 Å². The molecule has 15 heavy (non-hydrogen) atoms. The van der Waals surface area contributed by atoms with Crippen molar-refractivity contribution in [1.82, 2.24) is 0 Å². The van der Waals surface area contributed by atoms with Crippen LogP contribution in [0.4, 0.5) is 5.69 Å². The molecule has 0 saturated carbocycles. The standard InChI is InChI=1S/C11H10ClNOS/c12-8-3-4-11(10(13)6-8)15-7-9-2-1-5-14-9/h1-6H,7,13H2. The molecule has 0 spiro atoms. The van der Waals surface area contributed by atoms with Gasteiger partial charge in [0.1, 0.15) is 5.76 Å². The molecule has 0 atom stereocenters. The lowest BCUT2D eigenvalue weighted by Crippen LogP contribution is -1.88. The summed E-state index contributed by atoms with van der Waals surface area (Å²) in [6.07, 6.45) is 1.67. The monoisotopic (exact) mass is 239 g/mol. The van der Waals surface area contributed by atoms with E-state index >= 15 is 0 Å². The highest BCUT2D eigenvalue weighted by atomic mass is 35.5. The van der Waals surface area contributed by atoms with Gasteiger partial charge in [-0.25, -0.2) is 0 Å². The molecule has 0 unspecified atom stereocenters. The second-order valence-corrected chi connectivity index (χ2v) is 4.50. The zero-order valence-corrected chi connectivity index (χ0v) is 9.52. The van der Waals surface area contributed by atoms with Gasteiger partial charge < -0.3 is 10.2 Å². The minimum Gasteiger partial charge on any atom is -0.468 e. The normalized spacial score (nSPS) is 10.5. The maximum absolute atomic E-state index is 5.82. The van der Waals surface area contributed by atoms with Gasteiger partial charge in [0, 0.05) is 15.6 Å². The van der Waals surface area contributed by atoms with Crippen LogP contribution in [0.25, 0.3) is 0 Å². The lowest BCUT2D eigenvalue weighted by molar-refractivity contribution is 0.530. The van der Waals surface area contributed by atoms with E-state index in [1.807, 2.05) is 24.3 Å². The maximum atomic E-state index is 5.82. The number of nitrogen functional groups attached to an aromatic ring is 1. The summed E-state index contributed by atoms with van der Waals surface area (Å²) in [7, 11) is 0. The first kappa shape index (κ1) is 10.5. The molecule has 0 radical (unpaired) electrons. The number of nitrogens with two attached hydrogens (primary N) is 1.